The second kappa shape index (κ2) is 7.71. The Kier molecular flexibility index (Phi) is 5.83. The van der Waals surface area contributed by atoms with Gasteiger partial charge in [0.1, 0.15) is 0 Å². The molecule has 0 fully saturated rings. The van der Waals surface area contributed by atoms with Crippen molar-refractivity contribution in [3.8, 4) is 0 Å². The summed E-state index contributed by atoms with van der Waals surface area (Å²) in [6.07, 6.45) is -3.29. The molecule has 0 aromatic heterocycles. The van der Waals surface area contributed by atoms with Crippen molar-refractivity contribution in [2.45, 2.75) is 11.1 Å². The highest BCUT2D eigenvalue weighted by atomic mass is 32.2. The van der Waals surface area contributed by atoms with E-state index in [0.29, 0.717) is 0 Å². The van der Waals surface area contributed by atoms with Crippen LogP contribution in [0.2, 0.25) is 0 Å². The van der Waals surface area contributed by atoms with Crippen molar-refractivity contribution in [3.63, 3.8) is 0 Å². The van der Waals surface area contributed by atoms with Gasteiger partial charge in [-0.2, -0.15) is 13.2 Å². The number of carbonyl (C=O) groups excluding carboxylic acids is 1. The minimum atomic E-state index is -4.64. The molecule has 0 unspecified atom stereocenters. The van der Waals surface area contributed by atoms with Crippen molar-refractivity contribution >= 4 is 21.6 Å². The fraction of sp³-hybridized carbons (Fsp3) is 0.118. The van der Waals surface area contributed by atoms with E-state index in [0.717, 1.165) is 18.2 Å². The number of carbonyl (C=O) groups is 1. The molecule has 9 heteroatoms. The molecule has 0 atom stereocenters. The predicted molar refractivity (Wildman–Crippen MR) is 91.2 cm³/mol. The first-order chi connectivity index (χ1) is 12.1. The van der Waals surface area contributed by atoms with Gasteiger partial charge in [-0.05, 0) is 30.3 Å². The molecule has 0 saturated heterocycles. The summed E-state index contributed by atoms with van der Waals surface area (Å²) in [7, 11) is -3.86. The topological polar surface area (TPSA) is 75.3 Å². The average Bonchev–Trinajstić information content (AvgIpc) is 2.59. The van der Waals surface area contributed by atoms with E-state index in [1.807, 2.05) is 0 Å². The fourth-order valence-electron chi connectivity index (χ4n) is 2.09. The van der Waals surface area contributed by atoms with E-state index in [-0.39, 0.29) is 17.0 Å². The SMILES string of the molecule is C=CCNS(=O)(=O)c1cccc(C(=O)Nc2ccccc2C(F)(F)F)c1. The Labute approximate surface area is 148 Å². The minimum absolute atomic E-state index is 0.00227. The number of anilines is 1. The van der Waals surface area contributed by atoms with Crippen LogP contribution in [0.4, 0.5) is 18.9 Å². The molecule has 2 aromatic rings. The Balaban J connectivity index is 2.30. The second-order valence-corrected chi connectivity index (χ2v) is 6.93. The summed E-state index contributed by atoms with van der Waals surface area (Å²) >= 11 is 0. The summed E-state index contributed by atoms with van der Waals surface area (Å²) in [6, 6.07) is 9.50. The maximum Gasteiger partial charge on any atom is 0.418 e. The van der Waals surface area contributed by atoms with Crippen LogP contribution in [0, 0.1) is 0 Å². The van der Waals surface area contributed by atoms with Crippen LogP contribution in [-0.2, 0) is 16.2 Å². The smallest absolute Gasteiger partial charge is 0.321 e. The van der Waals surface area contributed by atoms with E-state index in [1.54, 1.807) is 0 Å². The van der Waals surface area contributed by atoms with Crippen LogP contribution in [-0.4, -0.2) is 20.9 Å². The predicted octanol–water partition coefficient (Wildman–Crippen LogP) is 3.42. The largest absolute Gasteiger partial charge is 0.418 e. The fourth-order valence-corrected chi connectivity index (χ4v) is 3.13. The van der Waals surface area contributed by atoms with E-state index in [4.69, 9.17) is 0 Å². The monoisotopic (exact) mass is 384 g/mol. The second-order valence-electron chi connectivity index (χ2n) is 5.17. The van der Waals surface area contributed by atoms with Crippen LogP contribution in [0.15, 0.2) is 66.1 Å². The highest BCUT2D eigenvalue weighted by molar-refractivity contribution is 7.89. The molecule has 1 amide bonds. The summed E-state index contributed by atoms with van der Waals surface area (Å²) < 4.78 is 65.4. The van der Waals surface area contributed by atoms with Gasteiger partial charge in [0.15, 0.2) is 0 Å². The van der Waals surface area contributed by atoms with Crippen molar-refractivity contribution < 1.29 is 26.4 Å². The van der Waals surface area contributed by atoms with E-state index >= 15 is 0 Å². The first-order valence-corrected chi connectivity index (χ1v) is 8.81. The van der Waals surface area contributed by atoms with Gasteiger partial charge in [-0.3, -0.25) is 4.79 Å². The normalized spacial score (nSPS) is 11.8. The molecule has 5 nitrogen and oxygen atoms in total. The van der Waals surface area contributed by atoms with Gasteiger partial charge >= 0.3 is 6.18 Å². The number of benzene rings is 2. The lowest BCUT2D eigenvalue weighted by Gasteiger charge is -2.14. The number of amides is 1. The molecule has 138 valence electrons. The summed E-state index contributed by atoms with van der Waals surface area (Å²) in [5, 5.41) is 2.16. The van der Waals surface area contributed by atoms with Crippen LogP contribution in [0.5, 0.6) is 0 Å². The molecule has 0 spiro atoms. The summed E-state index contributed by atoms with van der Waals surface area (Å²) in [5.74, 6) is -0.859. The Morgan fingerprint density at radius 3 is 2.46 bits per heavy atom. The molecule has 0 saturated carbocycles. The van der Waals surface area contributed by atoms with Gasteiger partial charge < -0.3 is 5.32 Å². The van der Waals surface area contributed by atoms with Gasteiger partial charge in [0.05, 0.1) is 16.1 Å². The molecule has 26 heavy (non-hydrogen) atoms. The molecule has 0 radical (unpaired) electrons. The number of para-hydroxylation sites is 1. The molecule has 2 aromatic carbocycles. The van der Waals surface area contributed by atoms with Crippen LogP contribution < -0.4 is 10.0 Å². The Bertz CT molecular complexity index is 925. The molecular weight excluding hydrogens is 369 g/mol. The number of hydrogen-bond acceptors (Lipinski definition) is 3. The van der Waals surface area contributed by atoms with Gasteiger partial charge in [-0.1, -0.05) is 24.3 Å². The maximum atomic E-state index is 13.0. The van der Waals surface area contributed by atoms with Crippen molar-refractivity contribution in [2.75, 3.05) is 11.9 Å². The zero-order valence-corrected chi connectivity index (χ0v) is 14.2. The van der Waals surface area contributed by atoms with E-state index in [1.165, 1.54) is 36.4 Å². The zero-order valence-electron chi connectivity index (χ0n) is 13.4. The van der Waals surface area contributed by atoms with Crippen LogP contribution in [0.3, 0.4) is 0 Å². The summed E-state index contributed by atoms with van der Waals surface area (Å²) in [6.45, 7) is 3.39. The third kappa shape index (κ3) is 4.70. The van der Waals surface area contributed by atoms with Gasteiger partial charge in [0, 0.05) is 12.1 Å². The summed E-state index contributed by atoms with van der Waals surface area (Å²) in [4.78, 5) is 12.1. The van der Waals surface area contributed by atoms with Crippen molar-refractivity contribution in [2.24, 2.45) is 0 Å². The lowest BCUT2D eigenvalue weighted by Crippen LogP contribution is -2.24. The zero-order chi connectivity index (χ0) is 19.4. The van der Waals surface area contributed by atoms with Crippen LogP contribution in [0.25, 0.3) is 0 Å². The molecule has 0 aliphatic rings. The molecule has 0 aliphatic carbocycles. The minimum Gasteiger partial charge on any atom is -0.321 e. The lowest BCUT2D eigenvalue weighted by molar-refractivity contribution is -0.136. The molecular formula is C17H15F3N2O3S. The standard InChI is InChI=1S/C17H15F3N2O3S/c1-2-10-21-26(24,25)13-7-5-6-12(11-13)16(23)22-15-9-4-3-8-14(15)17(18,19)20/h2-9,11,21H,1,10H2,(H,22,23). The third-order valence-electron chi connectivity index (χ3n) is 3.30. The first kappa shape index (κ1) is 19.7. The Morgan fingerprint density at radius 2 is 1.81 bits per heavy atom. The van der Waals surface area contributed by atoms with Gasteiger partial charge in [-0.15, -0.1) is 6.58 Å². The number of sulfonamides is 1. The summed E-state index contributed by atoms with van der Waals surface area (Å²) in [5.41, 5.74) is -1.50. The van der Waals surface area contributed by atoms with Gasteiger partial charge in [-0.25, -0.2) is 13.1 Å². The first-order valence-electron chi connectivity index (χ1n) is 7.33. The van der Waals surface area contributed by atoms with Crippen molar-refractivity contribution in [1.29, 1.82) is 0 Å². The third-order valence-corrected chi connectivity index (χ3v) is 4.73. The Hall–Kier alpha value is -2.65. The number of alkyl halides is 3. The molecule has 0 bridgehead atoms. The highest BCUT2D eigenvalue weighted by Gasteiger charge is 2.33. The number of rotatable bonds is 6. The highest BCUT2D eigenvalue weighted by Crippen LogP contribution is 2.34. The van der Waals surface area contributed by atoms with Crippen molar-refractivity contribution in [3.05, 3.63) is 72.3 Å². The lowest BCUT2D eigenvalue weighted by atomic mass is 10.1. The number of hydrogen-bond donors (Lipinski definition) is 2. The van der Waals surface area contributed by atoms with Crippen LogP contribution in [0.1, 0.15) is 15.9 Å². The quantitative estimate of drug-likeness (QED) is 0.750. The van der Waals surface area contributed by atoms with E-state index < -0.39 is 33.4 Å². The molecule has 0 aliphatic heterocycles. The number of nitrogens with one attached hydrogen (secondary N) is 2. The van der Waals surface area contributed by atoms with Gasteiger partial charge in [0.25, 0.3) is 5.91 Å². The van der Waals surface area contributed by atoms with Gasteiger partial charge in [0.2, 0.25) is 10.0 Å². The van der Waals surface area contributed by atoms with E-state index in [2.05, 4.69) is 16.6 Å². The van der Waals surface area contributed by atoms with Crippen LogP contribution >= 0.6 is 0 Å². The van der Waals surface area contributed by atoms with Crippen molar-refractivity contribution in [1.82, 2.24) is 4.72 Å². The van der Waals surface area contributed by atoms with E-state index in [9.17, 15) is 26.4 Å². The maximum absolute atomic E-state index is 13.0. The Morgan fingerprint density at radius 1 is 1.12 bits per heavy atom. The molecule has 2 rings (SSSR count). The molecule has 2 N–H and O–H groups in total. The number of halogens is 3. The molecule has 0 heterocycles. The average molecular weight is 384 g/mol.